The third-order valence-corrected chi connectivity index (χ3v) is 3.87. The van der Waals surface area contributed by atoms with E-state index in [4.69, 9.17) is 0 Å². The zero-order chi connectivity index (χ0) is 17.5. The Labute approximate surface area is 135 Å². The Morgan fingerprint density at radius 1 is 1.13 bits per heavy atom. The van der Waals surface area contributed by atoms with Gasteiger partial charge in [-0.3, -0.25) is 9.48 Å². The molecule has 1 aromatic heterocycles. The molecule has 0 aliphatic heterocycles. The SMILES string of the molecule is Cc1nn(C(C)C(=O)Nc2c(F)c(F)c(F)c(F)c2F)cc1Br. The van der Waals surface area contributed by atoms with Crippen molar-refractivity contribution in [3.63, 3.8) is 0 Å². The number of hydrogen-bond acceptors (Lipinski definition) is 2. The lowest BCUT2D eigenvalue weighted by Gasteiger charge is -2.14. The van der Waals surface area contributed by atoms with Crippen molar-refractivity contribution >= 4 is 27.5 Å². The third-order valence-electron chi connectivity index (χ3n) is 3.09. The molecule has 0 radical (unpaired) electrons. The number of benzene rings is 1. The lowest BCUT2D eigenvalue weighted by molar-refractivity contribution is -0.119. The number of aryl methyl sites for hydroxylation is 1. The predicted molar refractivity (Wildman–Crippen MR) is 74.2 cm³/mol. The van der Waals surface area contributed by atoms with Crippen molar-refractivity contribution < 1.29 is 26.7 Å². The van der Waals surface area contributed by atoms with Gasteiger partial charge >= 0.3 is 0 Å². The van der Waals surface area contributed by atoms with Gasteiger partial charge in [0.1, 0.15) is 11.7 Å². The van der Waals surface area contributed by atoms with Gasteiger partial charge in [0, 0.05) is 6.20 Å². The van der Waals surface area contributed by atoms with Gasteiger partial charge in [0.15, 0.2) is 23.3 Å². The van der Waals surface area contributed by atoms with Crippen LogP contribution in [0.1, 0.15) is 18.7 Å². The molecule has 0 saturated heterocycles. The van der Waals surface area contributed by atoms with Crippen molar-refractivity contribution in [2.24, 2.45) is 0 Å². The highest BCUT2D eigenvalue weighted by Crippen LogP contribution is 2.28. The molecule has 23 heavy (non-hydrogen) atoms. The molecule has 1 unspecified atom stereocenters. The average Bonchev–Trinajstić information content (AvgIpc) is 2.86. The Morgan fingerprint density at radius 3 is 2.04 bits per heavy atom. The van der Waals surface area contributed by atoms with E-state index in [1.165, 1.54) is 17.8 Å². The maximum absolute atomic E-state index is 13.5. The van der Waals surface area contributed by atoms with E-state index in [1.807, 2.05) is 0 Å². The minimum absolute atomic E-state index is 0.556. The molecule has 0 fully saturated rings. The van der Waals surface area contributed by atoms with Gasteiger partial charge in [-0.1, -0.05) is 0 Å². The Morgan fingerprint density at radius 2 is 1.61 bits per heavy atom. The average molecular weight is 398 g/mol. The van der Waals surface area contributed by atoms with Crippen molar-refractivity contribution in [3.05, 3.63) is 45.4 Å². The predicted octanol–water partition coefficient (Wildman–Crippen LogP) is 3.85. The molecule has 0 saturated carbocycles. The topological polar surface area (TPSA) is 46.9 Å². The summed E-state index contributed by atoms with van der Waals surface area (Å²) in [6.07, 6.45) is 1.44. The van der Waals surface area contributed by atoms with E-state index in [1.54, 1.807) is 12.2 Å². The second-order valence-corrected chi connectivity index (χ2v) is 5.51. The van der Waals surface area contributed by atoms with Crippen molar-refractivity contribution in [2.75, 3.05) is 5.32 Å². The highest BCUT2D eigenvalue weighted by molar-refractivity contribution is 9.10. The fourth-order valence-electron chi connectivity index (χ4n) is 1.72. The zero-order valence-corrected chi connectivity index (χ0v) is 13.3. The molecule has 1 aromatic carbocycles. The summed E-state index contributed by atoms with van der Waals surface area (Å²) in [5.41, 5.74) is -0.845. The van der Waals surface area contributed by atoms with E-state index in [9.17, 15) is 26.7 Å². The summed E-state index contributed by atoms with van der Waals surface area (Å²) >= 11 is 3.17. The summed E-state index contributed by atoms with van der Waals surface area (Å²) in [6, 6.07) is -1.05. The molecule has 1 atom stereocenters. The first-order chi connectivity index (χ1) is 10.6. The van der Waals surface area contributed by atoms with E-state index in [0.717, 1.165) is 0 Å². The number of carbonyl (C=O) groups is 1. The van der Waals surface area contributed by atoms with Crippen molar-refractivity contribution in [3.8, 4) is 0 Å². The van der Waals surface area contributed by atoms with Crippen LogP contribution in [0.3, 0.4) is 0 Å². The molecule has 0 aliphatic carbocycles. The summed E-state index contributed by atoms with van der Waals surface area (Å²) in [5.74, 6) is -11.8. The fourth-order valence-corrected chi connectivity index (χ4v) is 2.01. The van der Waals surface area contributed by atoms with Crippen LogP contribution in [0.5, 0.6) is 0 Å². The number of amides is 1. The molecule has 124 valence electrons. The molecule has 0 bridgehead atoms. The van der Waals surface area contributed by atoms with E-state index in [2.05, 4.69) is 21.0 Å². The van der Waals surface area contributed by atoms with E-state index in [0.29, 0.717) is 10.2 Å². The first-order valence-electron chi connectivity index (χ1n) is 6.18. The first kappa shape index (κ1) is 17.4. The van der Waals surface area contributed by atoms with Gasteiger partial charge in [-0.25, -0.2) is 22.0 Å². The molecule has 1 N–H and O–H groups in total. The van der Waals surface area contributed by atoms with Crippen LogP contribution in [0.25, 0.3) is 0 Å². The Hall–Kier alpha value is -1.97. The molecular weight excluding hydrogens is 389 g/mol. The second-order valence-electron chi connectivity index (χ2n) is 4.65. The summed E-state index contributed by atoms with van der Waals surface area (Å²) in [7, 11) is 0. The first-order valence-corrected chi connectivity index (χ1v) is 6.98. The van der Waals surface area contributed by atoms with E-state index >= 15 is 0 Å². The number of anilines is 1. The fraction of sp³-hybridized carbons (Fsp3) is 0.231. The molecule has 1 amide bonds. The van der Waals surface area contributed by atoms with Crippen LogP contribution in [0.4, 0.5) is 27.6 Å². The normalized spacial score (nSPS) is 12.3. The van der Waals surface area contributed by atoms with Gasteiger partial charge < -0.3 is 5.32 Å². The van der Waals surface area contributed by atoms with Crippen LogP contribution < -0.4 is 5.32 Å². The van der Waals surface area contributed by atoms with Crippen LogP contribution >= 0.6 is 15.9 Å². The number of carbonyl (C=O) groups excluding carboxylic acids is 1. The molecule has 4 nitrogen and oxygen atoms in total. The number of nitrogens with one attached hydrogen (secondary N) is 1. The van der Waals surface area contributed by atoms with Crippen molar-refractivity contribution in [1.29, 1.82) is 0 Å². The van der Waals surface area contributed by atoms with Gasteiger partial charge in [-0.05, 0) is 29.8 Å². The molecule has 2 rings (SSSR count). The molecule has 2 aromatic rings. The van der Waals surface area contributed by atoms with Gasteiger partial charge in [0.2, 0.25) is 11.7 Å². The van der Waals surface area contributed by atoms with Crippen LogP contribution in [-0.2, 0) is 4.79 Å². The zero-order valence-electron chi connectivity index (χ0n) is 11.7. The third kappa shape index (κ3) is 3.07. The molecule has 0 spiro atoms. The van der Waals surface area contributed by atoms with Crippen molar-refractivity contribution in [2.45, 2.75) is 19.9 Å². The quantitative estimate of drug-likeness (QED) is 0.485. The highest BCUT2D eigenvalue weighted by Gasteiger charge is 2.28. The summed E-state index contributed by atoms with van der Waals surface area (Å²) in [4.78, 5) is 12.0. The van der Waals surface area contributed by atoms with E-state index in [-0.39, 0.29) is 0 Å². The van der Waals surface area contributed by atoms with Crippen LogP contribution in [0.2, 0.25) is 0 Å². The minimum atomic E-state index is -2.29. The number of hydrogen-bond donors (Lipinski definition) is 1. The van der Waals surface area contributed by atoms with E-state index < -0.39 is 46.7 Å². The highest BCUT2D eigenvalue weighted by atomic mass is 79.9. The Bertz CT molecular complexity index is 744. The number of rotatable bonds is 3. The van der Waals surface area contributed by atoms with Crippen LogP contribution in [0, 0.1) is 36.0 Å². The molecule has 1 heterocycles. The maximum Gasteiger partial charge on any atom is 0.249 e. The summed E-state index contributed by atoms with van der Waals surface area (Å²) in [5, 5.41) is 5.68. The molecular formula is C13H9BrF5N3O. The summed E-state index contributed by atoms with van der Waals surface area (Å²) < 4.78 is 68.0. The van der Waals surface area contributed by atoms with Crippen molar-refractivity contribution in [1.82, 2.24) is 9.78 Å². The van der Waals surface area contributed by atoms with Gasteiger partial charge in [-0.15, -0.1) is 0 Å². The summed E-state index contributed by atoms with van der Waals surface area (Å²) in [6.45, 7) is 3.00. The number of halogens is 6. The standard InChI is InChI=1S/C13H9BrF5N3O/c1-4-6(14)3-22(21-4)5(2)13(23)20-12-10(18)8(16)7(15)9(17)11(12)19/h3,5H,1-2H3,(H,20,23). The smallest absolute Gasteiger partial charge is 0.249 e. The minimum Gasteiger partial charge on any atom is -0.319 e. The van der Waals surface area contributed by atoms with Crippen LogP contribution in [0.15, 0.2) is 10.7 Å². The van der Waals surface area contributed by atoms with Crippen LogP contribution in [-0.4, -0.2) is 15.7 Å². The Balaban J connectivity index is 2.34. The molecule has 0 aliphatic rings. The molecule has 10 heteroatoms. The largest absolute Gasteiger partial charge is 0.319 e. The van der Waals surface area contributed by atoms with Gasteiger partial charge in [0.25, 0.3) is 0 Å². The Kier molecular flexibility index (Phi) is 4.73. The lowest BCUT2D eigenvalue weighted by Crippen LogP contribution is -2.26. The lowest BCUT2D eigenvalue weighted by atomic mass is 10.2. The monoisotopic (exact) mass is 397 g/mol. The number of nitrogens with zero attached hydrogens (tertiary/aromatic N) is 2. The second kappa shape index (κ2) is 6.26. The van der Waals surface area contributed by atoms with Gasteiger partial charge in [-0.2, -0.15) is 5.10 Å². The number of aromatic nitrogens is 2. The maximum atomic E-state index is 13.5. The van der Waals surface area contributed by atoms with Gasteiger partial charge in [0.05, 0.1) is 10.2 Å².